The van der Waals surface area contributed by atoms with Crippen LogP contribution < -0.4 is 5.32 Å². The largest absolute Gasteiger partial charge is 0.338 e. The zero-order valence-electron chi connectivity index (χ0n) is 11.1. The van der Waals surface area contributed by atoms with Gasteiger partial charge in [0.2, 0.25) is 5.89 Å². The first kappa shape index (κ1) is 12.1. The first-order chi connectivity index (χ1) is 8.86. The lowest BCUT2D eigenvalue weighted by atomic mass is 10.1. The van der Waals surface area contributed by atoms with Gasteiger partial charge in [-0.05, 0) is 45.3 Å². The van der Waals surface area contributed by atoms with Crippen molar-refractivity contribution in [2.75, 3.05) is 19.6 Å². The summed E-state index contributed by atoms with van der Waals surface area (Å²) in [6, 6.07) is 0.897. The highest BCUT2D eigenvalue weighted by Crippen LogP contribution is 2.23. The Morgan fingerprint density at radius 3 is 3.11 bits per heavy atom. The number of hydrogen-bond donors (Lipinski definition) is 1. The van der Waals surface area contributed by atoms with E-state index in [-0.39, 0.29) is 6.04 Å². The fourth-order valence-corrected chi connectivity index (χ4v) is 3.14. The van der Waals surface area contributed by atoms with Crippen LogP contribution in [0.1, 0.15) is 50.4 Å². The van der Waals surface area contributed by atoms with Crippen LogP contribution in [-0.4, -0.2) is 40.7 Å². The van der Waals surface area contributed by atoms with Crippen LogP contribution in [0.4, 0.5) is 0 Å². The SMILES string of the molecule is CCN1CCCC1Cc1noc(C2CCCN2)n1. The molecule has 0 bridgehead atoms. The van der Waals surface area contributed by atoms with Crippen LogP contribution in [0.15, 0.2) is 4.52 Å². The van der Waals surface area contributed by atoms with Crippen LogP contribution in [0.5, 0.6) is 0 Å². The Kier molecular flexibility index (Phi) is 3.61. The van der Waals surface area contributed by atoms with Crippen LogP contribution in [0.2, 0.25) is 0 Å². The van der Waals surface area contributed by atoms with Gasteiger partial charge in [0, 0.05) is 12.5 Å². The number of nitrogens with zero attached hydrogens (tertiary/aromatic N) is 3. The lowest BCUT2D eigenvalue weighted by Crippen LogP contribution is -2.31. The van der Waals surface area contributed by atoms with E-state index in [0.29, 0.717) is 6.04 Å². The van der Waals surface area contributed by atoms with Gasteiger partial charge >= 0.3 is 0 Å². The highest BCUT2D eigenvalue weighted by molar-refractivity contribution is 4.98. The summed E-state index contributed by atoms with van der Waals surface area (Å²) in [6.45, 7) is 5.63. The van der Waals surface area contributed by atoms with Crippen LogP contribution >= 0.6 is 0 Å². The minimum absolute atomic E-state index is 0.289. The summed E-state index contributed by atoms with van der Waals surface area (Å²) in [7, 11) is 0. The van der Waals surface area contributed by atoms with E-state index < -0.39 is 0 Å². The monoisotopic (exact) mass is 250 g/mol. The van der Waals surface area contributed by atoms with Gasteiger partial charge in [-0.2, -0.15) is 4.98 Å². The van der Waals surface area contributed by atoms with Gasteiger partial charge in [0.25, 0.3) is 0 Å². The average Bonchev–Trinajstić information content (AvgIpc) is 3.10. The van der Waals surface area contributed by atoms with Crippen molar-refractivity contribution < 1.29 is 4.52 Å². The number of rotatable bonds is 4. The second kappa shape index (κ2) is 5.36. The van der Waals surface area contributed by atoms with Gasteiger partial charge in [-0.3, -0.25) is 0 Å². The average molecular weight is 250 g/mol. The first-order valence-electron chi connectivity index (χ1n) is 7.16. The van der Waals surface area contributed by atoms with E-state index in [1.807, 2.05) is 0 Å². The predicted octanol–water partition coefficient (Wildman–Crippen LogP) is 1.52. The number of likely N-dealkylation sites (tertiary alicyclic amines) is 1. The molecule has 0 spiro atoms. The molecule has 18 heavy (non-hydrogen) atoms. The highest BCUT2D eigenvalue weighted by Gasteiger charge is 2.27. The summed E-state index contributed by atoms with van der Waals surface area (Å²) < 4.78 is 5.39. The van der Waals surface area contributed by atoms with Crippen LogP contribution in [0, 0.1) is 0 Å². The van der Waals surface area contributed by atoms with E-state index in [2.05, 4.69) is 27.3 Å². The van der Waals surface area contributed by atoms with Crippen LogP contribution in [-0.2, 0) is 6.42 Å². The number of nitrogens with one attached hydrogen (secondary N) is 1. The summed E-state index contributed by atoms with van der Waals surface area (Å²) in [5, 5.41) is 7.53. The van der Waals surface area contributed by atoms with Crippen molar-refractivity contribution >= 4 is 0 Å². The second-order valence-corrected chi connectivity index (χ2v) is 5.33. The van der Waals surface area contributed by atoms with E-state index >= 15 is 0 Å². The maximum Gasteiger partial charge on any atom is 0.243 e. The van der Waals surface area contributed by atoms with E-state index in [4.69, 9.17) is 4.52 Å². The molecule has 5 heteroatoms. The fourth-order valence-electron chi connectivity index (χ4n) is 3.14. The molecule has 3 rings (SSSR count). The quantitative estimate of drug-likeness (QED) is 0.878. The van der Waals surface area contributed by atoms with E-state index in [0.717, 1.165) is 37.6 Å². The number of aromatic nitrogens is 2. The zero-order valence-corrected chi connectivity index (χ0v) is 11.1. The van der Waals surface area contributed by atoms with E-state index in [9.17, 15) is 0 Å². The van der Waals surface area contributed by atoms with E-state index in [1.165, 1.54) is 25.8 Å². The van der Waals surface area contributed by atoms with Crippen LogP contribution in [0.25, 0.3) is 0 Å². The second-order valence-electron chi connectivity index (χ2n) is 5.33. The third-order valence-corrected chi connectivity index (χ3v) is 4.17. The van der Waals surface area contributed by atoms with Gasteiger partial charge in [0.15, 0.2) is 5.82 Å². The fraction of sp³-hybridized carbons (Fsp3) is 0.846. The predicted molar refractivity (Wildman–Crippen MR) is 68.2 cm³/mol. The molecule has 1 aromatic heterocycles. The molecule has 0 radical (unpaired) electrons. The minimum atomic E-state index is 0.289. The Balaban J connectivity index is 1.62. The Hall–Kier alpha value is -0.940. The summed E-state index contributed by atoms with van der Waals surface area (Å²) >= 11 is 0. The molecule has 2 fully saturated rings. The van der Waals surface area contributed by atoms with Crippen molar-refractivity contribution in [1.82, 2.24) is 20.4 Å². The Morgan fingerprint density at radius 1 is 1.39 bits per heavy atom. The molecular weight excluding hydrogens is 228 g/mol. The highest BCUT2D eigenvalue weighted by atomic mass is 16.5. The molecule has 2 aliphatic rings. The van der Waals surface area contributed by atoms with Gasteiger partial charge < -0.3 is 14.7 Å². The molecule has 0 aliphatic carbocycles. The van der Waals surface area contributed by atoms with Gasteiger partial charge in [0.1, 0.15) is 0 Å². The molecule has 2 atom stereocenters. The molecule has 0 aromatic carbocycles. The Bertz CT molecular complexity index is 386. The maximum atomic E-state index is 5.39. The molecule has 0 saturated carbocycles. The topological polar surface area (TPSA) is 54.2 Å². The third-order valence-electron chi connectivity index (χ3n) is 4.17. The molecule has 2 unspecified atom stereocenters. The van der Waals surface area contributed by atoms with Crippen molar-refractivity contribution in [2.24, 2.45) is 0 Å². The summed E-state index contributed by atoms with van der Waals surface area (Å²) in [5.74, 6) is 1.66. The van der Waals surface area contributed by atoms with Crippen molar-refractivity contribution in [3.8, 4) is 0 Å². The Labute approximate surface area is 108 Å². The maximum absolute atomic E-state index is 5.39. The van der Waals surface area contributed by atoms with Crippen LogP contribution in [0.3, 0.4) is 0 Å². The molecule has 0 amide bonds. The smallest absolute Gasteiger partial charge is 0.243 e. The lowest BCUT2D eigenvalue weighted by molar-refractivity contribution is 0.260. The van der Waals surface area contributed by atoms with Crippen molar-refractivity contribution in [3.05, 3.63) is 11.7 Å². The molecule has 100 valence electrons. The standard InChI is InChI=1S/C13H22N4O/c1-2-17-8-4-5-10(17)9-12-15-13(18-16-12)11-6-3-7-14-11/h10-11,14H,2-9H2,1H3. The van der Waals surface area contributed by atoms with Gasteiger partial charge in [0.05, 0.1) is 6.04 Å². The molecule has 5 nitrogen and oxygen atoms in total. The summed E-state index contributed by atoms with van der Waals surface area (Å²) in [4.78, 5) is 7.08. The number of likely N-dealkylation sites (N-methyl/N-ethyl adjacent to an activating group) is 1. The summed E-state index contributed by atoms with van der Waals surface area (Å²) in [6.07, 6.45) is 5.82. The molecule has 3 heterocycles. The van der Waals surface area contributed by atoms with Crippen molar-refractivity contribution in [2.45, 2.75) is 51.1 Å². The zero-order chi connectivity index (χ0) is 12.4. The normalized spacial score (nSPS) is 29.2. The van der Waals surface area contributed by atoms with Gasteiger partial charge in [-0.15, -0.1) is 0 Å². The minimum Gasteiger partial charge on any atom is -0.338 e. The van der Waals surface area contributed by atoms with Crippen molar-refractivity contribution in [3.63, 3.8) is 0 Å². The number of hydrogen-bond acceptors (Lipinski definition) is 5. The third kappa shape index (κ3) is 2.42. The van der Waals surface area contributed by atoms with E-state index in [1.54, 1.807) is 0 Å². The molecule has 1 aromatic rings. The van der Waals surface area contributed by atoms with Gasteiger partial charge in [-0.1, -0.05) is 12.1 Å². The first-order valence-corrected chi connectivity index (χ1v) is 7.16. The van der Waals surface area contributed by atoms with Gasteiger partial charge in [-0.25, -0.2) is 0 Å². The van der Waals surface area contributed by atoms with Crippen molar-refractivity contribution in [1.29, 1.82) is 0 Å². The molecule has 1 N–H and O–H groups in total. The molecule has 2 saturated heterocycles. The molecular formula is C13H22N4O. The lowest BCUT2D eigenvalue weighted by Gasteiger charge is -2.20. The molecule has 2 aliphatic heterocycles. The Morgan fingerprint density at radius 2 is 2.33 bits per heavy atom. The summed E-state index contributed by atoms with van der Waals surface area (Å²) in [5.41, 5.74) is 0.